The average Bonchev–Trinajstić information content (AvgIpc) is 2.90. The lowest BCUT2D eigenvalue weighted by Gasteiger charge is -2.21. The molecule has 0 aliphatic carbocycles. The van der Waals surface area contributed by atoms with Crippen LogP contribution in [0.2, 0.25) is 0 Å². The van der Waals surface area contributed by atoms with Crippen LogP contribution in [0.3, 0.4) is 0 Å². The maximum atomic E-state index is 5.50. The van der Waals surface area contributed by atoms with Gasteiger partial charge in [0, 0.05) is 11.0 Å². The van der Waals surface area contributed by atoms with E-state index in [4.69, 9.17) is 4.74 Å². The normalized spacial score (nSPS) is 12.4. The predicted molar refractivity (Wildman–Crippen MR) is 88.9 cm³/mol. The van der Waals surface area contributed by atoms with Crippen molar-refractivity contribution in [1.82, 2.24) is 15.1 Å². The van der Waals surface area contributed by atoms with Crippen LogP contribution in [0.5, 0.6) is 5.75 Å². The van der Waals surface area contributed by atoms with Gasteiger partial charge in [-0.25, -0.2) is 0 Å². The molecular weight excluding hydrogens is 330 g/mol. The number of ether oxygens (including phenoxy) is 1. The second-order valence-electron chi connectivity index (χ2n) is 4.91. The van der Waals surface area contributed by atoms with Crippen molar-refractivity contribution < 1.29 is 4.74 Å². The van der Waals surface area contributed by atoms with Crippen LogP contribution in [0.15, 0.2) is 28.9 Å². The zero-order valence-corrected chi connectivity index (χ0v) is 14.6. The molecule has 2 aromatic rings. The SMILES string of the molecule is CCNC(c1ccc(Br)c(C)c1)c1c(OC)cnn1CC. The summed E-state index contributed by atoms with van der Waals surface area (Å²) < 4.78 is 8.61. The van der Waals surface area contributed by atoms with Gasteiger partial charge >= 0.3 is 0 Å². The number of aromatic nitrogens is 2. The van der Waals surface area contributed by atoms with E-state index in [-0.39, 0.29) is 6.04 Å². The summed E-state index contributed by atoms with van der Waals surface area (Å²) in [7, 11) is 1.69. The van der Waals surface area contributed by atoms with Crippen molar-refractivity contribution >= 4 is 15.9 Å². The highest BCUT2D eigenvalue weighted by atomic mass is 79.9. The highest BCUT2D eigenvalue weighted by molar-refractivity contribution is 9.10. The topological polar surface area (TPSA) is 39.1 Å². The second-order valence-corrected chi connectivity index (χ2v) is 5.77. The monoisotopic (exact) mass is 351 g/mol. The number of rotatable bonds is 6. The van der Waals surface area contributed by atoms with Crippen LogP contribution < -0.4 is 10.1 Å². The van der Waals surface area contributed by atoms with Crippen LogP contribution in [-0.4, -0.2) is 23.4 Å². The van der Waals surface area contributed by atoms with Gasteiger partial charge in [-0.15, -0.1) is 0 Å². The lowest BCUT2D eigenvalue weighted by Crippen LogP contribution is -2.25. The third-order valence-electron chi connectivity index (χ3n) is 3.56. The average molecular weight is 352 g/mol. The molecule has 0 amide bonds. The number of methoxy groups -OCH3 is 1. The Morgan fingerprint density at radius 2 is 2.14 bits per heavy atom. The van der Waals surface area contributed by atoms with E-state index in [1.165, 1.54) is 11.1 Å². The second kappa shape index (κ2) is 7.09. The van der Waals surface area contributed by atoms with Crippen molar-refractivity contribution in [3.8, 4) is 5.75 Å². The fraction of sp³-hybridized carbons (Fsp3) is 0.438. The number of hydrogen-bond acceptors (Lipinski definition) is 3. The quantitative estimate of drug-likeness (QED) is 0.862. The lowest BCUT2D eigenvalue weighted by molar-refractivity contribution is 0.399. The van der Waals surface area contributed by atoms with Gasteiger partial charge in [-0.05, 0) is 37.6 Å². The van der Waals surface area contributed by atoms with E-state index in [2.05, 4.69) is 65.3 Å². The molecule has 0 radical (unpaired) electrons. The largest absolute Gasteiger partial charge is 0.493 e. The first-order chi connectivity index (χ1) is 10.1. The summed E-state index contributed by atoms with van der Waals surface area (Å²) in [5.74, 6) is 0.823. The van der Waals surface area contributed by atoms with Crippen LogP contribution >= 0.6 is 15.9 Å². The Morgan fingerprint density at radius 3 is 2.71 bits per heavy atom. The zero-order valence-electron chi connectivity index (χ0n) is 13.0. The summed E-state index contributed by atoms with van der Waals surface area (Å²) in [5.41, 5.74) is 3.51. The first-order valence-electron chi connectivity index (χ1n) is 7.21. The summed E-state index contributed by atoms with van der Waals surface area (Å²) >= 11 is 3.56. The molecule has 0 bridgehead atoms. The minimum absolute atomic E-state index is 0.0687. The van der Waals surface area contributed by atoms with Crippen molar-refractivity contribution in [2.45, 2.75) is 33.4 Å². The lowest BCUT2D eigenvalue weighted by atomic mass is 10.0. The molecule has 114 valence electrons. The van der Waals surface area contributed by atoms with Gasteiger partial charge < -0.3 is 10.1 Å². The van der Waals surface area contributed by atoms with Gasteiger partial charge in [0.25, 0.3) is 0 Å². The molecule has 1 atom stereocenters. The first kappa shape index (κ1) is 16.0. The molecule has 1 aromatic heterocycles. The van der Waals surface area contributed by atoms with E-state index < -0.39 is 0 Å². The number of hydrogen-bond donors (Lipinski definition) is 1. The first-order valence-corrected chi connectivity index (χ1v) is 8.00. The molecule has 1 aromatic carbocycles. The fourth-order valence-electron chi connectivity index (χ4n) is 2.50. The highest BCUT2D eigenvalue weighted by Crippen LogP contribution is 2.31. The number of benzene rings is 1. The van der Waals surface area contributed by atoms with Gasteiger partial charge in [0.1, 0.15) is 5.69 Å². The van der Waals surface area contributed by atoms with Crippen molar-refractivity contribution in [1.29, 1.82) is 0 Å². The van der Waals surface area contributed by atoms with Crippen molar-refractivity contribution in [2.24, 2.45) is 0 Å². The molecule has 1 unspecified atom stereocenters. The van der Waals surface area contributed by atoms with Gasteiger partial charge in [0.15, 0.2) is 5.75 Å². The minimum Gasteiger partial charge on any atom is -0.493 e. The summed E-state index contributed by atoms with van der Waals surface area (Å²) in [5, 5.41) is 7.96. The van der Waals surface area contributed by atoms with E-state index in [0.29, 0.717) is 0 Å². The number of halogens is 1. The Kier molecular flexibility index (Phi) is 5.42. The summed E-state index contributed by atoms with van der Waals surface area (Å²) in [6.45, 7) is 7.99. The van der Waals surface area contributed by atoms with Crippen LogP contribution in [0, 0.1) is 6.92 Å². The molecule has 1 N–H and O–H groups in total. The highest BCUT2D eigenvalue weighted by Gasteiger charge is 2.22. The molecule has 2 rings (SSSR count). The molecule has 4 nitrogen and oxygen atoms in total. The van der Waals surface area contributed by atoms with Gasteiger partial charge in [0.2, 0.25) is 0 Å². The van der Waals surface area contributed by atoms with E-state index in [1.807, 2.05) is 4.68 Å². The minimum atomic E-state index is 0.0687. The van der Waals surface area contributed by atoms with Gasteiger partial charge in [-0.3, -0.25) is 4.68 Å². The van der Waals surface area contributed by atoms with Crippen molar-refractivity contribution in [3.05, 3.63) is 45.7 Å². The Balaban J connectivity index is 2.52. The predicted octanol–water partition coefficient (Wildman–Crippen LogP) is 3.68. The number of nitrogens with zero attached hydrogens (tertiary/aromatic N) is 2. The molecule has 5 heteroatoms. The Bertz CT molecular complexity index is 588. The van der Waals surface area contributed by atoms with E-state index in [0.717, 1.165) is 29.0 Å². The van der Waals surface area contributed by atoms with Crippen LogP contribution in [-0.2, 0) is 6.54 Å². The standard InChI is InChI=1S/C16H22BrN3O/c1-5-18-15(12-7-8-13(17)11(3)9-12)16-14(21-4)10-19-20(16)6-2/h7-10,15,18H,5-6H2,1-4H3. The Morgan fingerprint density at radius 1 is 1.38 bits per heavy atom. The molecule has 0 spiro atoms. The molecule has 21 heavy (non-hydrogen) atoms. The summed E-state index contributed by atoms with van der Waals surface area (Å²) in [6.07, 6.45) is 1.79. The van der Waals surface area contributed by atoms with Crippen LogP contribution in [0.1, 0.15) is 36.7 Å². The molecule has 0 aliphatic heterocycles. The van der Waals surface area contributed by atoms with Crippen LogP contribution in [0.4, 0.5) is 0 Å². The summed E-state index contributed by atoms with van der Waals surface area (Å²) in [6, 6.07) is 6.49. The maximum absolute atomic E-state index is 5.50. The molecule has 1 heterocycles. The zero-order chi connectivity index (χ0) is 15.4. The van der Waals surface area contributed by atoms with Crippen LogP contribution in [0.25, 0.3) is 0 Å². The Hall–Kier alpha value is -1.33. The van der Waals surface area contributed by atoms with Gasteiger partial charge in [-0.2, -0.15) is 5.10 Å². The smallest absolute Gasteiger partial charge is 0.161 e. The number of nitrogens with one attached hydrogen (secondary N) is 1. The Labute approximate surface area is 134 Å². The van der Waals surface area contributed by atoms with Gasteiger partial charge in [-0.1, -0.05) is 35.0 Å². The molecule has 0 saturated heterocycles. The third kappa shape index (κ3) is 3.30. The van der Waals surface area contributed by atoms with E-state index in [1.54, 1.807) is 13.3 Å². The molecular formula is C16H22BrN3O. The molecule has 0 fully saturated rings. The summed E-state index contributed by atoms with van der Waals surface area (Å²) in [4.78, 5) is 0. The van der Waals surface area contributed by atoms with E-state index in [9.17, 15) is 0 Å². The fourth-order valence-corrected chi connectivity index (χ4v) is 2.75. The van der Waals surface area contributed by atoms with Crippen molar-refractivity contribution in [2.75, 3.05) is 13.7 Å². The van der Waals surface area contributed by atoms with Gasteiger partial charge in [0.05, 0.1) is 19.3 Å². The maximum Gasteiger partial charge on any atom is 0.161 e. The molecule has 0 aliphatic rings. The molecule has 0 saturated carbocycles. The third-order valence-corrected chi connectivity index (χ3v) is 4.45. The van der Waals surface area contributed by atoms with E-state index >= 15 is 0 Å². The number of aryl methyl sites for hydroxylation is 2. The van der Waals surface area contributed by atoms with Crippen molar-refractivity contribution in [3.63, 3.8) is 0 Å².